The fourth-order valence-corrected chi connectivity index (χ4v) is 0. The normalized spacial score (nSPS) is 0. The first-order valence-electron chi connectivity index (χ1n) is 0. The molecule has 0 heterocycles. The average Bonchev–Trinajstić information content (AvgIpc) is 0. The third kappa shape index (κ3) is 18.5. The Morgan fingerprint density at radius 3 is 0.400 bits per heavy atom. The van der Waals surface area contributed by atoms with Crippen molar-refractivity contribution in [2.45, 2.75) is 0 Å². The van der Waals surface area contributed by atoms with Gasteiger partial charge in [0, 0.05) is 107 Å². The van der Waals surface area contributed by atoms with Crippen molar-refractivity contribution >= 4 is 0 Å². The molecule has 0 nitrogen and oxygen atoms in total. The van der Waals surface area contributed by atoms with Crippen molar-refractivity contribution in [3.05, 3.63) is 0 Å². The molecule has 0 aliphatic carbocycles. The van der Waals surface area contributed by atoms with E-state index in [9.17, 15) is 0 Å². The second-order valence-electron chi connectivity index (χ2n) is 0. The van der Waals surface area contributed by atoms with Gasteiger partial charge in [-0.05, 0) is 0 Å². The van der Waals surface area contributed by atoms with E-state index in [4.69, 9.17) is 0 Å². The second kappa shape index (κ2) is 25.9. The average molecular weight is 843 g/mol. The third-order valence-corrected chi connectivity index (χ3v) is 0. The molecule has 0 spiro atoms. The Balaban J connectivity index is 0. The molecule has 0 aromatic heterocycles. The minimum absolute atomic E-state index is 0. The molecule has 0 aromatic carbocycles. The Hall–Kier alpha value is 3.48. The van der Waals surface area contributed by atoms with E-state index in [1.165, 1.54) is 0 Å². The quantitative estimate of drug-likeness (QED) is 0.302. The molecule has 0 fully saturated rings. The van der Waals surface area contributed by atoms with Crippen LogP contribution in [0.15, 0.2) is 0 Å². The fraction of sp³-hybridized carbons (Fsp3) is 0. The van der Waals surface area contributed by atoms with E-state index in [2.05, 4.69) is 0 Å². The monoisotopic (exact) mass is 843 g/mol. The molecule has 0 atom stereocenters. The Bertz CT molecular complexity index is 3.61. The van der Waals surface area contributed by atoms with Gasteiger partial charge in [-0.25, -0.2) is 0 Å². The van der Waals surface area contributed by atoms with Crippen LogP contribution in [0.1, 0.15) is 0 Å². The number of rotatable bonds is 0. The van der Waals surface area contributed by atoms with E-state index in [1.54, 1.807) is 0 Å². The first-order valence-corrected chi connectivity index (χ1v) is 0. The molecule has 5 heteroatoms. The molecule has 0 saturated carbocycles. The van der Waals surface area contributed by atoms with Gasteiger partial charge < -0.3 is 0 Å². The topological polar surface area (TPSA) is 0 Å². The van der Waals surface area contributed by atoms with Crippen LogP contribution in [0.4, 0.5) is 0 Å². The van der Waals surface area contributed by atoms with Crippen LogP contribution in [0.2, 0.25) is 0 Å². The predicted molar refractivity (Wildman–Crippen MR) is 0 cm³/mol. The van der Waals surface area contributed by atoms with E-state index in [0.717, 1.165) is 0 Å². The maximum atomic E-state index is 0. The molecule has 0 unspecified atom stereocenters. The molecule has 0 aromatic rings. The minimum Gasteiger partial charge on any atom is 0 e. The van der Waals surface area contributed by atoms with Crippen LogP contribution in [0, 0.1) is 0 Å². The molecule has 0 N–H and O–H groups in total. The molecular formula is Au4Mn. The summed E-state index contributed by atoms with van der Waals surface area (Å²) in [6.45, 7) is 0. The van der Waals surface area contributed by atoms with Crippen LogP contribution in [-0.2, 0) is 107 Å². The van der Waals surface area contributed by atoms with Gasteiger partial charge in [-0.1, -0.05) is 0 Å². The summed E-state index contributed by atoms with van der Waals surface area (Å²) in [6.07, 6.45) is 0. The SMILES string of the molecule is [Au].[Au].[Au].[Au].[Mn]. The van der Waals surface area contributed by atoms with E-state index in [1.807, 2.05) is 0 Å². The van der Waals surface area contributed by atoms with Gasteiger partial charge in [0.05, 0.1) is 0 Å². The fourth-order valence-electron chi connectivity index (χ4n) is 0. The van der Waals surface area contributed by atoms with Crippen molar-refractivity contribution in [2.24, 2.45) is 0 Å². The molecule has 0 rings (SSSR count). The summed E-state index contributed by atoms with van der Waals surface area (Å²) >= 11 is 0. The van der Waals surface area contributed by atoms with Crippen LogP contribution in [0.25, 0.3) is 0 Å². The van der Waals surface area contributed by atoms with Crippen LogP contribution in [0.3, 0.4) is 0 Å². The molecular weight excluding hydrogens is 843 g/mol. The Kier molecular flexibility index (Phi) is 203. The Labute approximate surface area is 104 Å². The summed E-state index contributed by atoms with van der Waals surface area (Å²) in [4.78, 5) is 0. The first kappa shape index (κ1) is 39.2. The van der Waals surface area contributed by atoms with Crippen LogP contribution >= 0.6 is 0 Å². The first-order chi connectivity index (χ1) is 0. The van der Waals surface area contributed by atoms with E-state index < -0.39 is 0 Å². The maximum Gasteiger partial charge on any atom is 0 e. The minimum atomic E-state index is 0. The Morgan fingerprint density at radius 1 is 0.400 bits per heavy atom. The summed E-state index contributed by atoms with van der Waals surface area (Å²) < 4.78 is 0. The number of hydrogen-bond donors (Lipinski definition) is 0. The molecule has 0 amide bonds. The zero-order chi connectivity index (χ0) is 0. The maximum absolute atomic E-state index is 0. The predicted octanol–water partition coefficient (Wildman–Crippen LogP) is -0.0125. The zero-order valence-electron chi connectivity index (χ0n) is 1.58. The van der Waals surface area contributed by atoms with E-state index in [0.29, 0.717) is 0 Å². The van der Waals surface area contributed by atoms with Crippen molar-refractivity contribution in [3.8, 4) is 0 Å². The van der Waals surface area contributed by atoms with Gasteiger partial charge in [0.15, 0.2) is 0 Å². The van der Waals surface area contributed by atoms with Gasteiger partial charge in [0.1, 0.15) is 0 Å². The summed E-state index contributed by atoms with van der Waals surface area (Å²) in [5, 5.41) is 0. The van der Waals surface area contributed by atoms with Gasteiger partial charge in [0.2, 0.25) is 0 Å². The molecule has 0 aliphatic heterocycles. The summed E-state index contributed by atoms with van der Waals surface area (Å²) in [6, 6.07) is 0. The Morgan fingerprint density at radius 2 is 0.400 bits per heavy atom. The van der Waals surface area contributed by atoms with E-state index in [-0.39, 0.29) is 107 Å². The molecule has 0 aliphatic rings. The zero-order valence-corrected chi connectivity index (χ0v) is 11.4. The molecule has 5 heavy (non-hydrogen) atoms. The van der Waals surface area contributed by atoms with E-state index >= 15 is 0 Å². The van der Waals surface area contributed by atoms with Gasteiger partial charge >= 0.3 is 0 Å². The summed E-state index contributed by atoms with van der Waals surface area (Å²) in [5.41, 5.74) is 0. The largest absolute Gasteiger partial charge is 0 e. The van der Waals surface area contributed by atoms with Crippen molar-refractivity contribution in [2.75, 3.05) is 0 Å². The summed E-state index contributed by atoms with van der Waals surface area (Å²) in [7, 11) is 0. The van der Waals surface area contributed by atoms with Gasteiger partial charge in [-0.3, -0.25) is 0 Å². The van der Waals surface area contributed by atoms with Crippen LogP contribution < -0.4 is 0 Å². The third-order valence-electron chi connectivity index (χ3n) is 0. The van der Waals surface area contributed by atoms with Crippen LogP contribution in [0.5, 0.6) is 0 Å². The van der Waals surface area contributed by atoms with Gasteiger partial charge in [0.25, 0.3) is 0 Å². The smallest absolute Gasteiger partial charge is 0 e. The summed E-state index contributed by atoms with van der Waals surface area (Å²) in [5.74, 6) is 0. The standard InChI is InChI=1S/4Au.Mn. The van der Waals surface area contributed by atoms with Crippen molar-refractivity contribution in [1.29, 1.82) is 0 Å². The molecule has 0 bridgehead atoms. The van der Waals surface area contributed by atoms with Crippen LogP contribution in [-0.4, -0.2) is 0 Å². The van der Waals surface area contributed by atoms with Crippen molar-refractivity contribution in [3.63, 3.8) is 0 Å². The molecule has 5 radical (unpaired) electrons. The molecule has 0 saturated heterocycles. The number of hydrogen-bond acceptors (Lipinski definition) is 0. The van der Waals surface area contributed by atoms with Crippen molar-refractivity contribution < 1.29 is 107 Å². The molecule has 51 valence electrons. The van der Waals surface area contributed by atoms with Gasteiger partial charge in [-0.15, -0.1) is 0 Å². The van der Waals surface area contributed by atoms with Crippen molar-refractivity contribution in [1.82, 2.24) is 0 Å². The second-order valence-corrected chi connectivity index (χ2v) is 0. The van der Waals surface area contributed by atoms with Gasteiger partial charge in [-0.2, -0.15) is 0 Å².